The number of likely N-dealkylation sites (tertiary alicyclic amines) is 1. The molecular formula is C18H23N3O3S. The molecule has 4 rings (SSSR count). The number of hydrogen-bond donors (Lipinski definition) is 0. The van der Waals surface area contributed by atoms with Crippen LogP contribution < -0.4 is 0 Å². The van der Waals surface area contributed by atoms with E-state index in [4.69, 9.17) is 14.2 Å². The van der Waals surface area contributed by atoms with Crippen molar-refractivity contribution in [1.82, 2.24) is 15.0 Å². The molecule has 2 aliphatic rings. The average molecular weight is 361 g/mol. The fourth-order valence-electron chi connectivity index (χ4n) is 3.75. The molecule has 134 valence electrons. The van der Waals surface area contributed by atoms with Crippen LogP contribution in [0.15, 0.2) is 21.3 Å². The lowest BCUT2D eigenvalue weighted by Gasteiger charge is -2.38. The number of carbonyl (C=O) groups is 1. The van der Waals surface area contributed by atoms with Gasteiger partial charge in [0.05, 0.1) is 5.56 Å². The second kappa shape index (κ2) is 6.88. The highest BCUT2D eigenvalue weighted by atomic mass is 32.1. The Balaban J connectivity index is 1.50. The second-order valence-electron chi connectivity index (χ2n) is 7.25. The predicted octanol–water partition coefficient (Wildman–Crippen LogP) is 3.22. The van der Waals surface area contributed by atoms with Gasteiger partial charge in [0.2, 0.25) is 5.89 Å². The van der Waals surface area contributed by atoms with E-state index in [1.54, 1.807) is 11.3 Å². The SMILES string of the molecule is CC1(c2noc(C3CCOCC3)n2)CCCN(C(=O)c2ccsc2)C1. The Labute approximate surface area is 151 Å². The van der Waals surface area contributed by atoms with E-state index in [0.29, 0.717) is 12.5 Å². The summed E-state index contributed by atoms with van der Waals surface area (Å²) in [6.45, 7) is 5.06. The minimum absolute atomic E-state index is 0.0975. The van der Waals surface area contributed by atoms with Crippen molar-refractivity contribution in [3.8, 4) is 0 Å². The highest BCUT2D eigenvalue weighted by molar-refractivity contribution is 7.08. The van der Waals surface area contributed by atoms with Crippen LogP contribution in [-0.2, 0) is 10.2 Å². The number of carbonyl (C=O) groups excluding carboxylic acids is 1. The van der Waals surface area contributed by atoms with Crippen LogP contribution in [0, 0.1) is 0 Å². The zero-order valence-corrected chi connectivity index (χ0v) is 15.3. The molecular weight excluding hydrogens is 338 g/mol. The van der Waals surface area contributed by atoms with Crippen molar-refractivity contribution in [3.05, 3.63) is 34.1 Å². The molecule has 2 fully saturated rings. The van der Waals surface area contributed by atoms with Crippen LogP contribution >= 0.6 is 11.3 Å². The monoisotopic (exact) mass is 361 g/mol. The smallest absolute Gasteiger partial charge is 0.254 e. The maximum Gasteiger partial charge on any atom is 0.254 e. The molecule has 1 atom stereocenters. The van der Waals surface area contributed by atoms with Crippen LogP contribution in [-0.4, -0.2) is 47.3 Å². The molecule has 7 heteroatoms. The van der Waals surface area contributed by atoms with Gasteiger partial charge < -0.3 is 14.2 Å². The van der Waals surface area contributed by atoms with Gasteiger partial charge >= 0.3 is 0 Å². The van der Waals surface area contributed by atoms with Gasteiger partial charge in [-0.1, -0.05) is 12.1 Å². The Morgan fingerprint density at radius 2 is 2.24 bits per heavy atom. The number of nitrogens with zero attached hydrogens (tertiary/aromatic N) is 3. The van der Waals surface area contributed by atoms with Crippen LogP contribution in [0.5, 0.6) is 0 Å². The second-order valence-corrected chi connectivity index (χ2v) is 8.03. The normalized spacial score (nSPS) is 25.2. The van der Waals surface area contributed by atoms with Crippen molar-refractivity contribution < 1.29 is 14.1 Å². The summed E-state index contributed by atoms with van der Waals surface area (Å²) < 4.78 is 11.0. The van der Waals surface area contributed by atoms with E-state index in [1.807, 2.05) is 21.7 Å². The molecule has 6 nitrogen and oxygen atoms in total. The van der Waals surface area contributed by atoms with Gasteiger partial charge in [-0.2, -0.15) is 16.3 Å². The first kappa shape index (κ1) is 16.7. The van der Waals surface area contributed by atoms with Gasteiger partial charge in [-0.3, -0.25) is 4.79 Å². The van der Waals surface area contributed by atoms with Crippen molar-refractivity contribution >= 4 is 17.2 Å². The molecule has 0 saturated carbocycles. The van der Waals surface area contributed by atoms with E-state index in [-0.39, 0.29) is 11.3 Å². The molecule has 2 saturated heterocycles. The van der Waals surface area contributed by atoms with Crippen LogP contribution in [0.4, 0.5) is 0 Å². The van der Waals surface area contributed by atoms with Gasteiger partial charge in [0.1, 0.15) is 0 Å². The van der Waals surface area contributed by atoms with Gasteiger partial charge in [-0.05, 0) is 37.1 Å². The van der Waals surface area contributed by atoms with Crippen LogP contribution in [0.25, 0.3) is 0 Å². The van der Waals surface area contributed by atoms with Crippen LogP contribution in [0.2, 0.25) is 0 Å². The molecule has 1 amide bonds. The number of amides is 1. The van der Waals surface area contributed by atoms with Crippen molar-refractivity contribution in [3.63, 3.8) is 0 Å². The van der Waals surface area contributed by atoms with E-state index in [9.17, 15) is 4.79 Å². The maximum atomic E-state index is 12.7. The summed E-state index contributed by atoms with van der Waals surface area (Å²) in [4.78, 5) is 19.3. The van der Waals surface area contributed by atoms with Crippen LogP contribution in [0.1, 0.15) is 60.6 Å². The number of rotatable bonds is 3. The molecule has 0 N–H and O–H groups in total. The van der Waals surface area contributed by atoms with Crippen molar-refractivity contribution in [2.75, 3.05) is 26.3 Å². The molecule has 2 aromatic heterocycles. The molecule has 0 aromatic carbocycles. The minimum atomic E-state index is -0.253. The standard InChI is InChI=1S/C18H23N3O3S/c1-18(17-19-15(24-20-17)13-3-8-23-9-4-13)6-2-7-21(12-18)16(22)14-5-10-25-11-14/h5,10-11,13H,2-4,6-9,12H2,1H3. The fraction of sp³-hybridized carbons (Fsp3) is 0.611. The molecule has 0 spiro atoms. The van der Waals surface area contributed by atoms with Gasteiger partial charge in [0.15, 0.2) is 5.82 Å². The van der Waals surface area contributed by atoms with Crippen molar-refractivity contribution in [2.45, 2.75) is 43.9 Å². The Kier molecular flexibility index (Phi) is 4.60. The number of ether oxygens (including phenoxy) is 1. The number of thiophene rings is 1. The Bertz CT molecular complexity index is 724. The minimum Gasteiger partial charge on any atom is -0.381 e. The first-order valence-corrected chi connectivity index (χ1v) is 9.83. The van der Waals surface area contributed by atoms with Gasteiger partial charge in [-0.25, -0.2) is 0 Å². The topological polar surface area (TPSA) is 68.5 Å². The Morgan fingerprint density at radius 3 is 3.00 bits per heavy atom. The third-order valence-corrected chi connectivity index (χ3v) is 5.99. The molecule has 2 aromatic rings. The van der Waals surface area contributed by atoms with Gasteiger partial charge in [0.25, 0.3) is 5.91 Å². The maximum absolute atomic E-state index is 12.7. The number of hydrogen-bond acceptors (Lipinski definition) is 6. The van der Waals surface area contributed by atoms with E-state index in [0.717, 1.165) is 62.7 Å². The molecule has 0 aliphatic carbocycles. The van der Waals surface area contributed by atoms with E-state index < -0.39 is 0 Å². The Hall–Kier alpha value is -1.73. The van der Waals surface area contributed by atoms with Crippen LogP contribution in [0.3, 0.4) is 0 Å². The summed E-state index contributed by atoms with van der Waals surface area (Å²) in [5.41, 5.74) is 0.516. The molecule has 0 radical (unpaired) electrons. The summed E-state index contributed by atoms with van der Waals surface area (Å²) in [5, 5.41) is 8.13. The summed E-state index contributed by atoms with van der Waals surface area (Å²) in [6.07, 6.45) is 3.78. The molecule has 25 heavy (non-hydrogen) atoms. The van der Waals surface area contributed by atoms with Crippen molar-refractivity contribution in [1.29, 1.82) is 0 Å². The first-order chi connectivity index (χ1) is 12.2. The Morgan fingerprint density at radius 1 is 1.40 bits per heavy atom. The largest absolute Gasteiger partial charge is 0.381 e. The highest BCUT2D eigenvalue weighted by Gasteiger charge is 2.39. The lowest BCUT2D eigenvalue weighted by molar-refractivity contribution is 0.0642. The third-order valence-electron chi connectivity index (χ3n) is 5.30. The van der Waals surface area contributed by atoms with Gasteiger partial charge in [0, 0.05) is 43.0 Å². The van der Waals surface area contributed by atoms with E-state index >= 15 is 0 Å². The summed E-state index contributed by atoms with van der Waals surface area (Å²) in [7, 11) is 0. The number of aromatic nitrogens is 2. The lowest BCUT2D eigenvalue weighted by atomic mass is 9.81. The highest BCUT2D eigenvalue weighted by Crippen LogP contribution is 2.34. The summed E-state index contributed by atoms with van der Waals surface area (Å²) in [5.74, 6) is 1.85. The average Bonchev–Trinajstić information content (AvgIpc) is 3.34. The van der Waals surface area contributed by atoms with E-state index in [2.05, 4.69) is 12.1 Å². The predicted molar refractivity (Wildman–Crippen MR) is 93.9 cm³/mol. The zero-order valence-electron chi connectivity index (χ0n) is 14.4. The summed E-state index contributed by atoms with van der Waals surface area (Å²) >= 11 is 1.55. The molecule has 1 unspecified atom stereocenters. The fourth-order valence-corrected chi connectivity index (χ4v) is 4.38. The van der Waals surface area contributed by atoms with Crippen molar-refractivity contribution in [2.24, 2.45) is 0 Å². The molecule has 2 aliphatic heterocycles. The molecule has 0 bridgehead atoms. The lowest BCUT2D eigenvalue weighted by Crippen LogP contribution is -2.47. The third kappa shape index (κ3) is 3.35. The zero-order chi connectivity index (χ0) is 17.3. The quantitative estimate of drug-likeness (QED) is 0.840. The van der Waals surface area contributed by atoms with Gasteiger partial charge in [-0.15, -0.1) is 0 Å². The first-order valence-electron chi connectivity index (χ1n) is 8.89. The molecule has 4 heterocycles. The van der Waals surface area contributed by atoms with E-state index in [1.165, 1.54) is 0 Å². The number of piperidine rings is 1. The summed E-state index contributed by atoms with van der Waals surface area (Å²) in [6, 6.07) is 1.89.